The van der Waals surface area contributed by atoms with Crippen LogP contribution in [0.4, 0.5) is 36.3 Å². The quantitative estimate of drug-likeness (QED) is 0.484. The molecule has 0 fully saturated rings. The number of nitrogens with one attached hydrogen (secondary N) is 3. The minimum absolute atomic E-state index is 0.0223. The second-order valence-corrected chi connectivity index (χ2v) is 6.87. The Bertz CT molecular complexity index is 1030. The average Bonchev–Trinajstić information content (AvgIpc) is 2.69. The van der Waals surface area contributed by atoms with Gasteiger partial charge in [-0.25, -0.2) is 4.98 Å². The number of anilines is 4. The largest absolute Gasteiger partial charge is 0.416 e. The lowest BCUT2D eigenvalue weighted by atomic mass is 10.1. The molecule has 0 atom stereocenters. The van der Waals surface area contributed by atoms with Gasteiger partial charge in [-0.3, -0.25) is 4.79 Å². The molecule has 0 unspecified atom stereocenters. The zero-order valence-electron chi connectivity index (χ0n) is 17.0. The maximum Gasteiger partial charge on any atom is 0.416 e. The van der Waals surface area contributed by atoms with Crippen molar-refractivity contribution < 1.29 is 18.0 Å². The fraction of sp³-hybridized carbons (Fsp3) is 0.227. The molecule has 1 aromatic heterocycles. The van der Waals surface area contributed by atoms with E-state index < -0.39 is 11.7 Å². The summed E-state index contributed by atoms with van der Waals surface area (Å²) in [6, 6.07) is 13.4. The van der Waals surface area contributed by atoms with Crippen LogP contribution in [0.3, 0.4) is 0 Å². The Labute approximate surface area is 177 Å². The summed E-state index contributed by atoms with van der Waals surface area (Å²) in [5.41, 5.74) is 1.94. The number of hydrogen-bond acceptors (Lipinski definition) is 5. The number of amides is 1. The van der Waals surface area contributed by atoms with E-state index in [0.717, 1.165) is 23.5 Å². The third-order valence-electron chi connectivity index (χ3n) is 4.28. The van der Waals surface area contributed by atoms with Crippen LogP contribution in [0, 0.1) is 6.92 Å². The van der Waals surface area contributed by atoms with Gasteiger partial charge in [-0.05, 0) is 55.8 Å². The van der Waals surface area contributed by atoms with E-state index in [-0.39, 0.29) is 12.3 Å². The lowest BCUT2D eigenvalue weighted by Crippen LogP contribution is -2.14. The molecular weight excluding hydrogens is 407 g/mol. The number of benzene rings is 2. The molecule has 162 valence electrons. The van der Waals surface area contributed by atoms with Gasteiger partial charge in [0.1, 0.15) is 5.82 Å². The van der Waals surface area contributed by atoms with Crippen molar-refractivity contribution in [3.63, 3.8) is 0 Å². The monoisotopic (exact) mass is 429 g/mol. The van der Waals surface area contributed by atoms with Gasteiger partial charge in [-0.15, -0.1) is 0 Å². The van der Waals surface area contributed by atoms with Gasteiger partial charge in [0, 0.05) is 29.7 Å². The highest BCUT2D eigenvalue weighted by Crippen LogP contribution is 2.29. The molecule has 9 heteroatoms. The van der Waals surface area contributed by atoms with Crippen LogP contribution in [0.15, 0.2) is 54.6 Å². The lowest BCUT2D eigenvalue weighted by molar-refractivity contribution is -0.137. The van der Waals surface area contributed by atoms with E-state index in [1.807, 2.05) is 19.9 Å². The number of carbonyl (C=O) groups excluding carboxylic acids is 1. The molecule has 3 rings (SSSR count). The molecule has 0 radical (unpaired) electrons. The average molecular weight is 429 g/mol. The predicted molar refractivity (Wildman–Crippen MR) is 114 cm³/mol. The molecule has 2 aromatic carbocycles. The zero-order chi connectivity index (χ0) is 22.4. The third kappa shape index (κ3) is 6.43. The summed E-state index contributed by atoms with van der Waals surface area (Å²) < 4.78 is 37.9. The van der Waals surface area contributed by atoms with Crippen LogP contribution in [0.5, 0.6) is 0 Å². The van der Waals surface area contributed by atoms with Crippen LogP contribution in [-0.4, -0.2) is 22.4 Å². The number of aryl methyl sites for hydroxylation is 1. The zero-order valence-corrected chi connectivity index (χ0v) is 17.0. The Morgan fingerprint density at radius 1 is 0.968 bits per heavy atom. The Hall–Kier alpha value is -3.62. The van der Waals surface area contributed by atoms with Crippen molar-refractivity contribution in [3.8, 4) is 0 Å². The van der Waals surface area contributed by atoms with Gasteiger partial charge in [-0.2, -0.15) is 18.2 Å². The van der Waals surface area contributed by atoms with Crippen LogP contribution in [0.1, 0.15) is 23.7 Å². The first-order valence-electron chi connectivity index (χ1n) is 9.65. The lowest BCUT2D eigenvalue weighted by Gasteiger charge is -2.11. The minimum Gasteiger partial charge on any atom is -0.354 e. The Morgan fingerprint density at radius 3 is 2.23 bits per heavy atom. The van der Waals surface area contributed by atoms with Gasteiger partial charge in [0.15, 0.2) is 0 Å². The van der Waals surface area contributed by atoms with Crippen LogP contribution < -0.4 is 16.0 Å². The standard InChI is InChI=1S/C22H22F3N5O/c1-3-26-21-27-14(2)12-19(30-21)28-17-8-10-18(11-9-17)29-20(31)13-15-4-6-16(7-5-15)22(23,24)25/h4-12H,3,13H2,1-2H3,(H,29,31)(H2,26,27,28,30). The summed E-state index contributed by atoms with van der Waals surface area (Å²) in [6.07, 6.45) is -4.42. The summed E-state index contributed by atoms with van der Waals surface area (Å²) in [5, 5.41) is 8.99. The Kier molecular flexibility index (Phi) is 6.74. The molecule has 0 spiro atoms. The molecule has 3 aromatic rings. The topological polar surface area (TPSA) is 78.9 Å². The summed E-state index contributed by atoms with van der Waals surface area (Å²) >= 11 is 0. The molecule has 1 heterocycles. The fourth-order valence-electron chi connectivity index (χ4n) is 2.86. The Morgan fingerprint density at radius 2 is 1.61 bits per heavy atom. The van der Waals surface area contributed by atoms with Crippen molar-refractivity contribution >= 4 is 29.0 Å². The summed E-state index contributed by atoms with van der Waals surface area (Å²) in [7, 11) is 0. The number of aromatic nitrogens is 2. The summed E-state index contributed by atoms with van der Waals surface area (Å²) in [6.45, 7) is 4.55. The number of carbonyl (C=O) groups is 1. The van der Waals surface area contributed by atoms with E-state index in [1.165, 1.54) is 12.1 Å². The van der Waals surface area contributed by atoms with Crippen molar-refractivity contribution in [2.75, 3.05) is 22.5 Å². The minimum atomic E-state index is -4.39. The van der Waals surface area contributed by atoms with E-state index in [1.54, 1.807) is 24.3 Å². The number of hydrogen-bond donors (Lipinski definition) is 3. The molecule has 0 aliphatic heterocycles. The fourth-order valence-corrected chi connectivity index (χ4v) is 2.86. The molecule has 1 amide bonds. The number of alkyl halides is 3. The first-order valence-corrected chi connectivity index (χ1v) is 9.65. The van der Waals surface area contributed by atoms with Crippen molar-refractivity contribution in [1.29, 1.82) is 0 Å². The van der Waals surface area contributed by atoms with Gasteiger partial charge in [0.25, 0.3) is 0 Å². The first kappa shape index (κ1) is 22.1. The molecular formula is C22H22F3N5O. The van der Waals surface area contributed by atoms with Crippen LogP contribution in [-0.2, 0) is 17.4 Å². The molecule has 0 aliphatic carbocycles. The highest BCUT2D eigenvalue weighted by atomic mass is 19.4. The van der Waals surface area contributed by atoms with Gasteiger partial charge in [-0.1, -0.05) is 12.1 Å². The van der Waals surface area contributed by atoms with Crippen molar-refractivity contribution in [2.24, 2.45) is 0 Å². The van der Waals surface area contributed by atoms with Gasteiger partial charge in [0.05, 0.1) is 12.0 Å². The summed E-state index contributed by atoms with van der Waals surface area (Å²) in [4.78, 5) is 20.9. The van der Waals surface area contributed by atoms with Gasteiger partial charge in [0.2, 0.25) is 11.9 Å². The number of nitrogens with zero attached hydrogens (tertiary/aromatic N) is 2. The van der Waals surface area contributed by atoms with Crippen LogP contribution in [0.2, 0.25) is 0 Å². The number of rotatable bonds is 7. The molecule has 0 aliphatic rings. The van der Waals surface area contributed by atoms with Crippen molar-refractivity contribution in [3.05, 3.63) is 71.4 Å². The second kappa shape index (κ2) is 9.46. The first-order chi connectivity index (χ1) is 14.7. The van der Waals surface area contributed by atoms with E-state index in [0.29, 0.717) is 29.6 Å². The van der Waals surface area contributed by atoms with Gasteiger partial charge < -0.3 is 16.0 Å². The van der Waals surface area contributed by atoms with Crippen molar-refractivity contribution in [1.82, 2.24) is 9.97 Å². The summed E-state index contributed by atoms with van der Waals surface area (Å²) in [5.74, 6) is 0.863. The van der Waals surface area contributed by atoms with E-state index in [9.17, 15) is 18.0 Å². The SMILES string of the molecule is CCNc1nc(C)cc(Nc2ccc(NC(=O)Cc3ccc(C(F)(F)F)cc3)cc2)n1. The molecule has 0 saturated carbocycles. The molecule has 6 nitrogen and oxygen atoms in total. The van der Waals surface area contributed by atoms with Crippen LogP contribution in [0.25, 0.3) is 0 Å². The normalized spacial score (nSPS) is 11.1. The smallest absolute Gasteiger partial charge is 0.354 e. The molecule has 31 heavy (non-hydrogen) atoms. The number of halogens is 3. The third-order valence-corrected chi connectivity index (χ3v) is 4.28. The van der Waals surface area contributed by atoms with E-state index in [4.69, 9.17) is 0 Å². The predicted octanol–water partition coefficient (Wildman–Crippen LogP) is 5.16. The second-order valence-electron chi connectivity index (χ2n) is 6.87. The van der Waals surface area contributed by atoms with E-state index >= 15 is 0 Å². The highest BCUT2D eigenvalue weighted by Gasteiger charge is 2.29. The van der Waals surface area contributed by atoms with Crippen molar-refractivity contribution in [2.45, 2.75) is 26.4 Å². The highest BCUT2D eigenvalue weighted by molar-refractivity contribution is 5.92. The molecule has 0 saturated heterocycles. The Balaban J connectivity index is 1.58. The molecule has 3 N–H and O–H groups in total. The maximum absolute atomic E-state index is 12.6. The molecule has 0 bridgehead atoms. The van der Waals surface area contributed by atoms with Gasteiger partial charge >= 0.3 is 6.18 Å². The maximum atomic E-state index is 12.6. The van der Waals surface area contributed by atoms with E-state index in [2.05, 4.69) is 25.9 Å². The van der Waals surface area contributed by atoms with Crippen LogP contribution >= 0.6 is 0 Å².